The highest BCUT2D eigenvalue weighted by atomic mass is 16.5. The molecule has 0 amide bonds. The third-order valence-corrected chi connectivity index (χ3v) is 3.32. The molecule has 23 heavy (non-hydrogen) atoms. The number of ether oxygens (including phenoxy) is 3. The van der Waals surface area contributed by atoms with E-state index in [1.165, 1.54) is 13.0 Å². The van der Waals surface area contributed by atoms with E-state index in [2.05, 4.69) is 0 Å². The van der Waals surface area contributed by atoms with Gasteiger partial charge in [-0.3, -0.25) is 9.59 Å². The number of Topliss-reactive ketones (excluding diaryl/α,β-unsaturated/α-hetero) is 1. The molecule has 0 aromatic heterocycles. The zero-order valence-electron chi connectivity index (χ0n) is 12.7. The summed E-state index contributed by atoms with van der Waals surface area (Å²) >= 11 is 0. The Bertz CT molecular complexity index is 803. The van der Waals surface area contributed by atoms with E-state index in [0.29, 0.717) is 17.1 Å². The molecule has 1 aliphatic rings. The van der Waals surface area contributed by atoms with Gasteiger partial charge in [-0.25, -0.2) is 0 Å². The van der Waals surface area contributed by atoms with Crippen molar-refractivity contribution in [3.8, 4) is 17.2 Å². The van der Waals surface area contributed by atoms with Crippen LogP contribution < -0.4 is 14.2 Å². The number of ketones is 1. The van der Waals surface area contributed by atoms with Crippen molar-refractivity contribution in [3.63, 3.8) is 0 Å². The fraction of sp³-hybridized carbons (Fsp3) is 0.111. The molecule has 0 atom stereocenters. The van der Waals surface area contributed by atoms with Crippen LogP contribution in [0.4, 0.5) is 0 Å². The molecule has 0 saturated heterocycles. The molecular weight excluding hydrogens is 296 g/mol. The van der Waals surface area contributed by atoms with Gasteiger partial charge >= 0.3 is 5.97 Å². The zero-order valence-corrected chi connectivity index (χ0v) is 12.7. The second-order valence-electron chi connectivity index (χ2n) is 4.96. The topological polar surface area (TPSA) is 61.8 Å². The Labute approximate surface area is 133 Å². The van der Waals surface area contributed by atoms with Crippen LogP contribution >= 0.6 is 0 Å². The van der Waals surface area contributed by atoms with Crippen molar-refractivity contribution in [2.24, 2.45) is 0 Å². The molecule has 1 heterocycles. The Kier molecular flexibility index (Phi) is 3.85. The van der Waals surface area contributed by atoms with Crippen molar-refractivity contribution < 1.29 is 23.8 Å². The maximum atomic E-state index is 12.3. The highest BCUT2D eigenvalue weighted by Crippen LogP contribution is 2.35. The average Bonchev–Trinajstić information content (AvgIpc) is 2.83. The van der Waals surface area contributed by atoms with Crippen LogP contribution in [0.1, 0.15) is 22.8 Å². The highest BCUT2D eigenvalue weighted by molar-refractivity contribution is 6.14. The first-order chi connectivity index (χ1) is 11.1. The standard InChI is InChI=1S/C18H14O5/c1-11(19)22-14-7-8-15-16(10-14)23-17(18(15)20)9-12-3-5-13(21-2)6-4-12/h3-10H,1-2H3/b17-9+. The summed E-state index contributed by atoms with van der Waals surface area (Å²) in [6.45, 7) is 1.31. The van der Waals surface area contributed by atoms with Gasteiger partial charge in [-0.1, -0.05) is 12.1 Å². The molecule has 0 unspecified atom stereocenters. The van der Waals surface area contributed by atoms with Gasteiger partial charge in [0.15, 0.2) is 5.76 Å². The normalized spacial score (nSPS) is 14.3. The van der Waals surface area contributed by atoms with Crippen LogP contribution in [-0.4, -0.2) is 18.9 Å². The third-order valence-electron chi connectivity index (χ3n) is 3.32. The first-order valence-electron chi connectivity index (χ1n) is 6.97. The van der Waals surface area contributed by atoms with E-state index < -0.39 is 5.97 Å². The van der Waals surface area contributed by atoms with E-state index in [4.69, 9.17) is 14.2 Å². The SMILES string of the molecule is COc1ccc(/C=C2/Oc3cc(OC(C)=O)ccc3C2=O)cc1. The fourth-order valence-electron chi connectivity index (χ4n) is 2.25. The summed E-state index contributed by atoms with van der Waals surface area (Å²) in [7, 11) is 1.59. The van der Waals surface area contributed by atoms with Crippen molar-refractivity contribution in [2.75, 3.05) is 7.11 Å². The van der Waals surface area contributed by atoms with Crippen LogP contribution in [0, 0.1) is 0 Å². The number of esters is 1. The van der Waals surface area contributed by atoms with Gasteiger partial charge < -0.3 is 14.2 Å². The Morgan fingerprint density at radius 3 is 2.43 bits per heavy atom. The molecule has 0 aliphatic carbocycles. The summed E-state index contributed by atoms with van der Waals surface area (Å²) in [4.78, 5) is 23.3. The number of fused-ring (bicyclic) bond motifs is 1. The number of allylic oxidation sites excluding steroid dienone is 1. The average molecular weight is 310 g/mol. The number of hydrogen-bond acceptors (Lipinski definition) is 5. The lowest BCUT2D eigenvalue weighted by atomic mass is 10.1. The Morgan fingerprint density at radius 2 is 1.78 bits per heavy atom. The van der Waals surface area contributed by atoms with Gasteiger partial charge in [-0.15, -0.1) is 0 Å². The lowest BCUT2D eigenvalue weighted by Gasteiger charge is -2.03. The number of carbonyl (C=O) groups is 2. The molecule has 0 N–H and O–H groups in total. The fourth-order valence-corrected chi connectivity index (χ4v) is 2.25. The predicted octanol–water partition coefficient (Wildman–Crippen LogP) is 3.24. The van der Waals surface area contributed by atoms with Crippen molar-refractivity contribution in [1.82, 2.24) is 0 Å². The predicted molar refractivity (Wildman–Crippen MR) is 83.7 cm³/mol. The van der Waals surface area contributed by atoms with Crippen LogP contribution in [0.5, 0.6) is 17.2 Å². The minimum atomic E-state index is -0.428. The molecule has 1 aliphatic heterocycles. The summed E-state index contributed by atoms with van der Waals surface area (Å²) in [5.41, 5.74) is 1.27. The number of methoxy groups -OCH3 is 1. The van der Waals surface area contributed by atoms with Gasteiger partial charge in [0.2, 0.25) is 5.78 Å². The number of benzene rings is 2. The first-order valence-corrected chi connectivity index (χ1v) is 6.97. The molecule has 5 nitrogen and oxygen atoms in total. The van der Waals surface area contributed by atoms with Crippen LogP contribution in [-0.2, 0) is 4.79 Å². The lowest BCUT2D eigenvalue weighted by Crippen LogP contribution is -2.01. The number of rotatable bonds is 3. The first kappa shape index (κ1) is 14.8. The molecule has 5 heteroatoms. The Balaban J connectivity index is 1.87. The summed E-state index contributed by atoms with van der Waals surface area (Å²) in [6.07, 6.45) is 1.66. The molecule has 0 spiro atoms. The minimum absolute atomic E-state index is 0.204. The summed E-state index contributed by atoms with van der Waals surface area (Å²) in [6, 6.07) is 12.0. The van der Waals surface area contributed by atoms with E-state index in [-0.39, 0.29) is 11.5 Å². The lowest BCUT2D eigenvalue weighted by molar-refractivity contribution is -0.131. The summed E-state index contributed by atoms with van der Waals surface area (Å²) in [5.74, 6) is 1.06. The molecule has 0 saturated carbocycles. The smallest absolute Gasteiger partial charge is 0.308 e. The maximum absolute atomic E-state index is 12.3. The number of carbonyl (C=O) groups excluding carboxylic acids is 2. The quantitative estimate of drug-likeness (QED) is 0.495. The molecule has 116 valence electrons. The van der Waals surface area contributed by atoms with E-state index >= 15 is 0 Å². The zero-order chi connectivity index (χ0) is 16.4. The Hall–Kier alpha value is -3.08. The monoisotopic (exact) mass is 310 g/mol. The van der Waals surface area contributed by atoms with Crippen molar-refractivity contribution in [2.45, 2.75) is 6.92 Å². The van der Waals surface area contributed by atoms with Gasteiger partial charge in [0, 0.05) is 13.0 Å². The number of hydrogen-bond donors (Lipinski definition) is 0. The molecule has 0 radical (unpaired) electrons. The molecule has 3 rings (SSSR count). The second-order valence-corrected chi connectivity index (χ2v) is 4.96. The summed E-state index contributed by atoms with van der Waals surface area (Å²) < 4.78 is 15.7. The van der Waals surface area contributed by atoms with Gasteiger partial charge in [0.1, 0.15) is 17.2 Å². The molecule has 0 bridgehead atoms. The van der Waals surface area contributed by atoms with Crippen LogP contribution in [0.2, 0.25) is 0 Å². The van der Waals surface area contributed by atoms with E-state index in [9.17, 15) is 9.59 Å². The van der Waals surface area contributed by atoms with E-state index in [1.54, 1.807) is 37.5 Å². The van der Waals surface area contributed by atoms with Gasteiger partial charge in [0.25, 0.3) is 0 Å². The minimum Gasteiger partial charge on any atom is -0.497 e. The molecular formula is C18H14O5. The second kappa shape index (κ2) is 5.96. The molecule has 2 aromatic rings. The van der Waals surface area contributed by atoms with Crippen molar-refractivity contribution >= 4 is 17.8 Å². The molecule has 0 fully saturated rings. The van der Waals surface area contributed by atoms with Crippen LogP contribution in [0.25, 0.3) is 6.08 Å². The van der Waals surface area contributed by atoms with Gasteiger partial charge in [-0.2, -0.15) is 0 Å². The van der Waals surface area contributed by atoms with Crippen molar-refractivity contribution in [1.29, 1.82) is 0 Å². The largest absolute Gasteiger partial charge is 0.497 e. The van der Waals surface area contributed by atoms with Gasteiger partial charge in [0.05, 0.1) is 12.7 Å². The summed E-state index contributed by atoms with van der Waals surface area (Å²) in [5, 5.41) is 0. The van der Waals surface area contributed by atoms with Crippen molar-refractivity contribution in [3.05, 3.63) is 59.4 Å². The highest BCUT2D eigenvalue weighted by Gasteiger charge is 2.27. The van der Waals surface area contributed by atoms with E-state index in [0.717, 1.165) is 11.3 Å². The molecule has 2 aromatic carbocycles. The Morgan fingerprint density at radius 1 is 1.09 bits per heavy atom. The van der Waals surface area contributed by atoms with Crippen LogP contribution in [0.15, 0.2) is 48.2 Å². The van der Waals surface area contributed by atoms with Crippen LogP contribution in [0.3, 0.4) is 0 Å². The van der Waals surface area contributed by atoms with E-state index in [1.807, 2.05) is 12.1 Å². The van der Waals surface area contributed by atoms with Gasteiger partial charge in [-0.05, 0) is 35.9 Å². The third kappa shape index (κ3) is 3.08. The maximum Gasteiger partial charge on any atom is 0.308 e.